The van der Waals surface area contributed by atoms with Gasteiger partial charge in [-0.05, 0) is 18.4 Å². The second-order valence-electron chi connectivity index (χ2n) is 3.07. The minimum Gasteiger partial charge on any atom is -0.165 e. The number of benzene rings is 1. The van der Waals surface area contributed by atoms with Crippen LogP contribution in [0.3, 0.4) is 0 Å². The van der Waals surface area contributed by atoms with Crippen LogP contribution < -0.4 is 0 Å². The molecule has 82 valence electrons. The van der Waals surface area contributed by atoms with Gasteiger partial charge in [-0.3, -0.25) is 0 Å². The fraction of sp³-hybridized carbons (Fsp3) is 0.273. The highest BCUT2D eigenvalue weighted by atomic mass is 35.5. The Balaban J connectivity index is 2.46. The summed E-state index contributed by atoms with van der Waals surface area (Å²) < 4.78 is 35.9. The van der Waals surface area contributed by atoms with Crippen molar-refractivity contribution in [3.05, 3.63) is 47.0 Å². The minimum atomic E-state index is -4.42. The number of hydrogen-bond donors (Lipinski definition) is 0. The van der Waals surface area contributed by atoms with Crippen molar-refractivity contribution in [3.8, 4) is 0 Å². The number of halogens is 4. The molecule has 0 aromatic heterocycles. The molecule has 15 heavy (non-hydrogen) atoms. The molecule has 0 spiro atoms. The summed E-state index contributed by atoms with van der Waals surface area (Å²) in [6.07, 6.45) is -2.55. The van der Waals surface area contributed by atoms with Crippen LogP contribution in [-0.2, 0) is 6.42 Å². The topological polar surface area (TPSA) is 0 Å². The Morgan fingerprint density at radius 2 is 1.80 bits per heavy atom. The lowest BCUT2D eigenvalue weighted by atomic mass is 10.1. The molecule has 1 aromatic rings. The van der Waals surface area contributed by atoms with E-state index < -0.39 is 11.2 Å². The van der Waals surface area contributed by atoms with Gasteiger partial charge in [-0.1, -0.05) is 48.0 Å². The Morgan fingerprint density at radius 3 is 2.33 bits per heavy atom. The second-order valence-corrected chi connectivity index (χ2v) is 3.48. The van der Waals surface area contributed by atoms with Gasteiger partial charge in [0, 0.05) is 0 Å². The summed E-state index contributed by atoms with van der Waals surface area (Å²) in [4.78, 5) is 0. The van der Waals surface area contributed by atoms with E-state index in [0.29, 0.717) is 12.8 Å². The summed E-state index contributed by atoms with van der Waals surface area (Å²) in [5.41, 5.74) is 1.00. The normalized spacial score (nSPS) is 12.9. The SMILES string of the molecule is FC(F)(F)/C(Cl)=C/CCc1ccccc1. The highest BCUT2D eigenvalue weighted by molar-refractivity contribution is 6.30. The van der Waals surface area contributed by atoms with Crippen LogP contribution in [0.2, 0.25) is 0 Å². The van der Waals surface area contributed by atoms with E-state index in [0.717, 1.165) is 11.6 Å². The maximum Gasteiger partial charge on any atom is 0.426 e. The zero-order valence-electron chi connectivity index (χ0n) is 7.89. The fourth-order valence-corrected chi connectivity index (χ4v) is 1.24. The predicted molar refractivity (Wildman–Crippen MR) is 54.8 cm³/mol. The first-order chi connectivity index (χ1) is 7.00. The highest BCUT2D eigenvalue weighted by Gasteiger charge is 2.31. The lowest BCUT2D eigenvalue weighted by Crippen LogP contribution is -2.06. The van der Waals surface area contributed by atoms with E-state index >= 15 is 0 Å². The van der Waals surface area contributed by atoms with Gasteiger partial charge in [0.15, 0.2) is 0 Å². The molecule has 4 heteroatoms. The van der Waals surface area contributed by atoms with Gasteiger partial charge in [-0.25, -0.2) is 0 Å². The van der Waals surface area contributed by atoms with Crippen molar-refractivity contribution >= 4 is 11.6 Å². The molecule has 0 aliphatic heterocycles. The summed E-state index contributed by atoms with van der Waals surface area (Å²) in [5.74, 6) is 0. The number of rotatable bonds is 3. The zero-order valence-corrected chi connectivity index (χ0v) is 8.65. The first-order valence-electron chi connectivity index (χ1n) is 4.47. The average molecular weight is 235 g/mol. The van der Waals surface area contributed by atoms with Crippen molar-refractivity contribution in [2.75, 3.05) is 0 Å². The van der Waals surface area contributed by atoms with Gasteiger partial charge in [0.1, 0.15) is 5.03 Å². The summed E-state index contributed by atoms with van der Waals surface area (Å²) in [6, 6.07) is 9.31. The van der Waals surface area contributed by atoms with E-state index in [-0.39, 0.29) is 0 Å². The van der Waals surface area contributed by atoms with Gasteiger partial charge in [0.25, 0.3) is 0 Å². The predicted octanol–water partition coefficient (Wildman–Crippen LogP) is 4.30. The third kappa shape index (κ3) is 4.38. The van der Waals surface area contributed by atoms with Gasteiger partial charge in [0.2, 0.25) is 0 Å². The highest BCUT2D eigenvalue weighted by Crippen LogP contribution is 2.28. The zero-order chi connectivity index (χ0) is 11.3. The molecule has 1 rings (SSSR count). The Labute approximate surface area is 91.4 Å². The number of alkyl halides is 3. The van der Waals surface area contributed by atoms with Crippen molar-refractivity contribution in [1.82, 2.24) is 0 Å². The summed E-state index contributed by atoms with van der Waals surface area (Å²) in [5, 5.41) is -1.04. The third-order valence-corrected chi connectivity index (χ3v) is 2.24. The van der Waals surface area contributed by atoms with Crippen molar-refractivity contribution < 1.29 is 13.2 Å². The lowest BCUT2D eigenvalue weighted by molar-refractivity contribution is -0.0847. The smallest absolute Gasteiger partial charge is 0.165 e. The summed E-state index contributed by atoms with van der Waals surface area (Å²) in [7, 11) is 0. The van der Waals surface area contributed by atoms with E-state index in [1.807, 2.05) is 30.3 Å². The van der Waals surface area contributed by atoms with E-state index in [1.165, 1.54) is 0 Å². The molecule has 0 nitrogen and oxygen atoms in total. The van der Waals surface area contributed by atoms with Crippen molar-refractivity contribution in [2.45, 2.75) is 19.0 Å². The standard InChI is InChI=1S/C11H10ClF3/c12-10(11(13,14)15)8-4-7-9-5-2-1-3-6-9/h1-3,5-6,8H,4,7H2/b10-8-. The van der Waals surface area contributed by atoms with Crippen LogP contribution in [0.1, 0.15) is 12.0 Å². The van der Waals surface area contributed by atoms with Crippen LogP contribution in [-0.4, -0.2) is 6.18 Å². The summed E-state index contributed by atoms with van der Waals surface area (Å²) in [6.45, 7) is 0. The van der Waals surface area contributed by atoms with Crippen molar-refractivity contribution in [1.29, 1.82) is 0 Å². The van der Waals surface area contributed by atoms with Gasteiger partial charge in [0.05, 0.1) is 0 Å². The van der Waals surface area contributed by atoms with Gasteiger partial charge < -0.3 is 0 Å². The molecule has 0 atom stereocenters. The van der Waals surface area contributed by atoms with Crippen molar-refractivity contribution in [3.63, 3.8) is 0 Å². The molecule has 0 fully saturated rings. The molecule has 0 N–H and O–H groups in total. The molecule has 0 bridgehead atoms. The molecule has 0 heterocycles. The number of hydrogen-bond acceptors (Lipinski definition) is 0. The summed E-state index contributed by atoms with van der Waals surface area (Å²) >= 11 is 5.06. The van der Waals surface area contributed by atoms with Crippen molar-refractivity contribution in [2.24, 2.45) is 0 Å². The minimum absolute atomic E-state index is 0.294. The first-order valence-corrected chi connectivity index (χ1v) is 4.85. The molecule has 0 amide bonds. The fourth-order valence-electron chi connectivity index (χ4n) is 1.13. The Bertz CT molecular complexity index is 327. The number of aryl methyl sites for hydroxylation is 1. The van der Waals surface area contributed by atoms with Gasteiger partial charge in [-0.2, -0.15) is 13.2 Å². The molecule has 0 saturated carbocycles. The number of allylic oxidation sites excluding steroid dienone is 2. The Kier molecular flexibility index (Phi) is 4.21. The average Bonchev–Trinajstić information content (AvgIpc) is 2.18. The first kappa shape index (κ1) is 12.1. The molecule has 0 aliphatic rings. The van der Waals surface area contributed by atoms with Crippen LogP contribution in [0.4, 0.5) is 13.2 Å². The van der Waals surface area contributed by atoms with Crippen LogP contribution in [0.25, 0.3) is 0 Å². The maximum absolute atomic E-state index is 12.0. The van der Waals surface area contributed by atoms with Gasteiger partial charge >= 0.3 is 6.18 Å². The van der Waals surface area contributed by atoms with E-state index in [9.17, 15) is 13.2 Å². The Morgan fingerprint density at radius 1 is 1.20 bits per heavy atom. The third-order valence-electron chi connectivity index (χ3n) is 1.87. The quantitative estimate of drug-likeness (QED) is 0.731. The van der Waals surface area contributed by atoms with E-state index in [4.69, 9.17) is 11.6 Å². The molecule has 0 aliphatic carbocycles. The second kappa shape index (κ2) is 5.21. The molecule has 0 saturated heterocycles. The van der Waals surface area contributed by atoms with Crippen LogP contribution in [0.15, 0.2) is 41.4 Å². The van der Waals surface area contributed by atoms with E-state index in [2.05, 4.69) is 0 Å². The van der Waals surface area contributed by atoms with Crippen LogP contribution in [0, 0.1) is 0 Å². The molecule has 0 unspecified atom stereocenters. The molecule has 1 aromatic carbocycles. The monoisotopic (exact) mass is 234 g/mol. The molecule has 0 radical (unpaired) electrons. The maximum atomic E-state index is 12.0. The molecular weight excluding hydrogens is 225 g/mol. The lowest BCUT2D eigenvalue weighted by Gasteiger charge is -2.03. The van der Waals surface area contributed by atoms with Crippen LogP contribution in [0.5, 0.6) is 0 Å². The van der Waals surface area contributed by atoms with E-state index in [1.54, 1.807) is 0 Å². The largest absolute Gasteiger partial charge is 0.426 e. The van der Waals surface area contributed by atoms with Crippen LogP contribution >= 0.6 is 11.6 Å². The molecular formula is C11H10ClF3. The van der Waals surface area contributed by atoms with Gasteiger partial charge in [-0.15, -0.1) is 0 Å². The Hall–Kier alpha value is -0.960.